The fraction of sp³-hybridized carbons (Fsp3) is 0.429. The molecule has 1 aliphatic rings. The van der Waals surface area contributed by atoms with Crippen molar-refractivity contribution in [2.75, 3.05) is 20.2 Å². The van der Waals surface area contributed by atoms with Gasteiger partial charge in [-0.1, -0.05) is 43.7 Å². The Bertz CT molecular complexity index is 526. The van der Waals surface area contributed by atoms with Crippen LogP contribution in [-0.2, 0) is 9.53 Å². The molecule has 0 spiro atoms. The highest BCUT2D eigenvalue weighted by molar-refractivity contribution is 6.81. The van der Waals surface area contributed by atoms with Gasteiger partial charge in [-0.2, -0.15) is 0 Å². The van der Waals surface area contributed by atoms with E-state index in [1.54, 1.807) is 13.1 Å². The maximum atomic E-state index is 12.2. The second-order valence-corrected chi connectivity index (χ2v) is 9.97. The first-order valence-electron chi connectivity index (χ1n) is 6.85. The Balaban J connectivity index is 3.35. The Hall–Kier alpha value is -1.51. The molecule has 0 N–H and O–H groups in total. The lowest BCUT2D eigenvalue weighted by Gasteiger charge is -2.10. The van der Waals surface area contributed by atoms with Crippen molar-refractivity contribution in [3.05, 3.63) is 41.4 Å². The van der Waals surface area contributed by atoms with E-state index in [1.807, 2.05) is 19.6 Å². The lowest BCUT2D eigenvalue weighted by atomic mass is 10.2. The molecule has 1 rings (SSSR count). The van der Waals surface area contributed by atoms with Gasteiger partial charge in [-0.25, -0.2) is 0 Å². The van der Waals surface area contributed by atoms with Gasteiger partial charge in [-0.05, 0) is 0 Å². The maximum Gasteiger partial charge on any atom is 0.254 e. The number of carbonyl (C=O) groups is 1. The number of amides is 1. The smallest absolute Gasteiger partial charge is 0.254 e. The summed E-state index contributed by atoms with van der Waals surface area (Å²) in [5.41, 5.74) is 4.14. The van der Waals surface area contributed by atoms with Crippen LogP contribution < -0.4 is 0 Å². The van der Waals surface area contributed by atoms with Crippen molar-refractivity contribution in [2.45, 2.75) is 19.6 Å². The number of likely N-dealkylation sites (tertiary alicyclic amines) is 1. The van der Waals surface area contributed by atoms with E-state index in [2.05, 4.69) is 12.3 Å². The molecule has 0 radical (unpaired) electrons. The van der Waals surface area contributed by atoms with Gasteiger partial charge in [0.25, 0.3) is 5.91 Å². The first-order chi connectivity index (χ1) is 9.18. The monoisotopic (exact) mass is 265 g/mol. The molecule has 0 atom stereocenters. The molecule has 0 unspecified atom stereocenters. The zero-order chi connectivity index (χ0) is 15.5. The lowest BCUT2D eigenvalue weighted by Crippen LogP contribution is -2.22. The minimum Gasteiger partial charge on any atom is -0.489 e. The van der Waals surface area contributed by atoms with E-state index in [0.717, 1.165) is 0 Å². The molecule has 1 fully saturated rings. The Morgan fingerprint density at radius 3 is 2.83 bits per heavy atom. The quantitative estimate of drug-likeness (QED) is 0.257. The average Bonchev–Trinajstić information content (AvgIpc) is 2.60. The van der Waals surface area contributed by atoms with E-state index in [9.17, 15) is 4.79 Å². The number of rotatable bonds is 4. The molecular weight excluding hydrogens is 242 g/mol. The molecule has 0 aromatic carbocycles. The third-order valence-electron chi connectivity index (χ3n) is 2.23. The highest BCUT2D eigenvalue weighted by Gasteiger charge is 2.29. The number of ether oxygens (including phenoxy) is 1. The van der Waals surface area contributed by atoms with Gasteiger partial charge < -0.3 is 9.64 Å². The van der Waals surface area contributed by atoms with Crippen LogP contribution in [-0.4, -0.2) is 39.1 Å². The van der Waals surface area contributed by atoms with Gasteiger partial charge in [0.05, 0.1) is 16.0 Å². The summed E-state index contributed by atoms with van der Waals surface area (Å²) in [5, 5.41) is 0. The molecule has 0 bridgehead atoms. The molecule has 4 heteroatoms. The Kier molecular flexibility index (Phi) is 3.79. The summed E-state index contributed by atoms with van der Waals surface area (Å²) < 4.78 is 21.0. The summed E-state index contributed by atoms with van der Waals surface area (Å²) >= 11 is 0. The van der Waals surface area contributed by atoms with Crippen molar-refractivity contribution in [1.82, 2.24) is 4.90 Å². The molecule has 1 amide bonds. The van der Waals surface area contributed by atoms with Gasteiger partial charge >= 0.3 is 0 Å². The van der Waals surface area contributed by atoms with Crippen molar-refractivity contribution in [1.29, 1.82) is 0 Å². The van der Waals surface area contributed by atoms with E-state index in [4.69, 9.17) is 7.48 Å². The van der Waals surface area contributed by atoms with Crippen LogP contribution in [0, 0.1) is 0 Å². The van der Waals surface area contributed by atoms with Crippen LogP contribution in [0.1, 0.15) is 2.74 Å². The highest BCUT2D eigenvalue weighted by atomic mass is 28.3. The van der Waals surface area contributed by atoms with Crippen LogP contribution in [0.3, 0.4) is 0 Å². The summed E-state index contributed by atoms with van der Waals surface area (Å²) in [6.07, 6.45) is 1.41. The number of nitrogens with zero attached hydrogens (tertiary/aromatic N) is 1. The molecule has 0 saturated carbocycles. The molecule has 0 aliphatic carbocycles. The van der Waals surface area contributed by atoms with Gasteiger partial charge in [0.1, 0.15) is 14.2 Å². The predicted molar refractivity (Wildman–Crippen MR) is 76.8 cm³/mol. The average molecular weight is 265 g/mol. The van der Waals surface area contributed by atoms with E-state index < -0.39 is 8.07 Å². The van der Waals surface area contributed by atoms with Crippen LogP contribution in [0.25, 0.3) is 0 Å². The minimum absolute atomic E-state index is 0.135. The molecule has 3 nitrogen and oxygen atoms in total. The minimum atomic E-state index is -1.90. The number of likely N-dealkylation sites (N-methyl/N-ethyl adjacent to an activating group) is 1. The van der Waals surface area contributed by atoms with Gasteiger partial charge in [-0.15, -0.1) is 0 Å². The third-order valence-corrected chi connectivity index (χ3v) is 3.23. The van der Waals surface area contributed by atoms with E-state index >= 15 is 0 Å². The molecule has 1 aliphatic heterocycles. The Morgan fingerprint density at radius 1 is 1.61 bits per heavy atom. The summed E-state index contributed by atoms with van der Waals surface area (Å²) in [7, 11) is -0.222. The van der Waals surface area contributed by atoms with Crippen molar-refractivity contribution in [2.24, 2.45) is 0 Å². The lowest BCUT2D eigenvalue weighted by molar-refractivity contribution is -0.123. The standard InChI is InChI=1S/C14H21NO2Si/c1-6-8-17-9-7-12-10-15(2)14(16)13(12)11-18(3,4)5/h6,9,11H,1,8,10H2,2-5H3/b13-11-/i9D,11D. The molecule has 0 aromatic rings. The molecule has 98 valence electrons. The fourth-order valence-corrected chi connectivity index (χ4v) is 2.52. The van der Waals surface area contributed by atoms with Crippen molar-refractivity contribution in [3.63, 3.8) is 0 Å². The second kappa shape index (κ2) is 5.89. The van der Waals surface area contributed by atoms with Gasteiger partial charge in [0.2, 0.25) is 0 Å². The first kappa shape index (κ1) is 11.6. The largest absolute Gasteiger partial charge is 0.489 e. The fourth-order valence-electron chi connectivity index (χ4n) is 1.51. The molecule has 0 aromatic heterocycles. The summed E-state index contributed by atoms with van der Waals surface area (Å²) in [5.74, 6) is -0.170. The van der Waals surface area contributed by atoms with E-state index in [1.165, 1.54) is 4.90 Å². The van der Waals surface area contributed by atoms with Crippen LogP contribution in [0.5, 0.6) is 0 Å². The Labute approximate surface area is 113 Å². The summed E-state index contributed by atoms with van der Waals surface area (Å²) in [4.78, 5) is 13.7. The third kappa shape index (κ3) is 4.06. The zero-order valence-corrected chi connectivity index (χ0v) is 12.5. The predicted octanol–water partition coefficient (Wildman–Crippen LogP) is 2.50. The van der Waals surface area contributed by atoms with Crippen molar-refractivity contribution >= 4 is 14.0 Å². The molecule has 1 heterocycles. The molecule has 1 saturated heterocycles. The highest BCUT2D eigenvalue weighted by Crippen LogP contribution is 2.23. The number of hydrogen-bond donors (Lipinski definition) is 0. The zero-order valence-electron chi connectivity index (χ0n) is 13.5. The van der Waals surface area contributed by atoms with Gasteiger partial charge in [0.15, 0.2) is 0 Å². The van der Waals surface area contributed by atoms with Gasteiger partial charge in [-0.3, -0.25) is 4.79 Å². The topological polar surface area (TPSA) is 29.5 Å². The maximum absolute atomic E-state index is 12.2. The van der Waals surface area contributed by atoms with Crippen LogP contribution in [0.2, 0.25) is 19.6 Å². The van der Waals surface area contributed by atoms with E-state index in [0.29, 0.717) is 23.4 Å². The molecule has 18 heavy (non-hydrogen) atoms. The van der Waals surface area contributed by atoms with Crippen LogP contribution >= 0.6 is 0 Å². The number of hydrogen-bond acceptors (Lipinski definition) is 2. The number of carbonyl (C=O) groups excluding carboxylic acids is 1. The van der Waals surface area contributed by atoms with Crippen molar-refractivity contribution < 1.29 is 12.3 Å². The summed E-state index contributed by atoms with van der Waals surface area (Å²) in [6.45, 7) is 10.2. The molecular formula is C14H21NO2Si. The van der Waals surface area contributed by atoms with Crippen molar-refractivity contribution in [3.8, 4) is 0 Å². The first-order valence-corrected chi connectivity index (χ1v) is 9.35. The van der Waals surface area contributed by atoms with E-state index in [-0.39, 0.29) is 18.8 Å². The van der Waals surface area contributed by atoms with Crippen LogP contribution in [0.4, 0.5) is 0 Å². The second-order valence-electron chi connectivity index (χ2n) is 5.22. The van der Waals surface area contributed by atoms with Gasteiger partial charge in [0, 0.05) is 18.2 Å². The Morgan fingerprint density at radius 2 is 2.28 bits per heavy atom. The van der Waals surface area contributed by atoms with Crippen LogP contribution in [0.15, 0.2) is 41.4 Å². The normalized spacial score (nSPS) is 20.1. The summed E-state index contributed by atoms with van der Waals surface area (Å²) in [6, 6.07) is 0. The SMILES string of the molecule is [2H]C(=C=C1CN(C)C(=O)/C1=C(/[2H])[Si](C)(C)C)OCC=C.